The second-order valence-corrected chi connectivity index (χ2v) is 8.15. The Labute approximate surface area is 186 Å². The van der Waals surface area contributed by atoms with E-state index < -0.39 is 0 Å². The van der Waals surface area contributed by atoms with Gasteiger partial charge in [-0.1, -0.05) is 17.8 Å². The summed E-state index contributed by atoms with van der Waals surface area (Å²) in [6.45, 7) is 4.75. The van der Waals surface area contributed by atoms with Crippen LogP contribution in [0.2, 0.25) is 0 Å². The number of rotatable bonds is 8. The molecule has 1 atom stereocenters. The van der Waals surface area contributed by atoms with Gasteiger partial charge in [0.2, 0.25) is 0 Å². The zero-order valence-electron chi connectivity index (χ0n) is 17.7. The van der Waals surface area contributed by atoms with Crippen molar-refractivity contribution < 1.29 is 9.47 Å². The Hall–Kier alpha value is -3.32. The van der Waals surface area contributed by atoms with Crippen LogP contribution in [0.15, 0.2) is 78.2 Å². The maximum atomic E-state index is 5.60. The van der Waals surface area contributed by atoms with E-state index in [-0.39, 0.29) is 5.25 Å². The number of thioether (sulfide) groups is 1. The van der Waals surface area contributed by atoms with Gasteiger partial charge in [0.15, 0.2) is 11.0 Å². The number of methoxy groups -OCH3 is 1. The Morgan fingerprint density at radius 1 is 0.968 bits per heavy atom. The van der Waals surface area contributed by atoms with Crippen LogP contribution in [-0.4, -0.2) is 33.5 Å². The molecule has 0 amide bonds. The summed E-state index contributed by atoms with van der Waals surface area (Å²) >= 11 is 1.65. The van der Waals surface area contributed by atoms with Crippen molar-refractivity contribution in [3.05, 3.63) is 78.6 Å². The SMILES string of the molecule is CCOc1ccc(-n2c(SC(C)c3cccnc3)nnc2-c2ccc(OC)cc2)cc1. The lowest BCUT2D eigenvalue weighted by molar-refractivity contribution is 0.340. The fourth-order valence-corrected chi connectivity index (χ4v) is 4.18. The first-order valence-electron chi connectivity index (χ1n) is 10.1. The lowest BCUT2D eigenvalue weighted by Gasteiger charge is -2.14. The van der Waals surface area contributed by atoms with Gasteiger partial charge in [-0.3, -0.25) is 9.55 Å². The number of ether oxygens (including phenoxy) is 2. The standard InChI is InChI=1S/C24H24N4O2S/c1-4-30-22-13-9-20(10-14-22)28-23(18-7-11-21(29-3)12-8-18)26-27-24(28)31-17(2)19-6-5-15-25-16-19/h5-17H,4H2,1-3H3. The predicted octanol–water partition coefficient (Wildman–Crippen LogP) is 5.59. The maximum Gasteiger partial charge on any atom is 0.196 e. The highest BCUT2D eigenvalue weighted by Crippen LogP contribution is 2.37. The Balaban J connectivity index is 1.74. The molecule has 4 aromatic rings. The first kappa shape index (κ1) is 20.9. The third-order valence-corrected chi connectivity index (χ3v) is 5.92. The molecular formula is C24H24N4O2S. The maximum absolute atomic E-state index is 5.60. The van der Waals surface area contributed by atoms with Crippen molar-refractivity contribution in [1.29, 1.82) is 0 Å². The van der Waals surface area contributed by atoms with Crippen LogP contribution in [0.25, 0.3) is 17.1 Å². The van der Waals surface area contributed by atoms with E-state index in [1.807, 2.05) is 67.7 Å². The number of pyridine rings is 1. The summed E-state index contributed by atoms with van der Waals surface area (Å²) < 4.78 is 13.0. The van der Waals surface area contributed by atoms with Crippen LogP contribution < -0.4 is 9.47 Å². The Kier molecular flexibility index (Phi) is 6.52. The van der Waals surface area contributed by atoms with Crippen LogP contribution in [0.5, 0.6) is 11.5 Å². The summed E-state index contributed by atoms with van der Waals surface area (Å²) in [7, 11) is 1.66. The second-order valence-electron chi connectivity index (χ2n) is 6.84. The number of nitrogens with zero attached hydrogens (tertiary/aromatic N) is 4. The summed E-state index contributed by atoms with van der Waals surface area (Å²) in [6, 6.07) is 19.9. The van der Waals surface area contributed by atoms with Gasteiger partial charge in [0.1, 0.15) is 11.5 Å². The molecule has 0 radical (unpaired) electrons. The van der Waals surface area contributed by atoms with Crippen LogP contribution in [0.3, 0.4) is 0 Å². The lowest BCUT2D eigenvalue weighted by atomic mass is 10.2. The number of hydrogen-bond donors (Lipinski definition) is 0. The van der Waals surface area contributed by atoms with E-state index in [1.54, 1.807) is 25.1 Å². The van der Waals surface area contributed by atoms with Gasteiger partial charge in [0.05, 0.1) is 13.7 Å². The van der Waals surface area contributed by atoms with Crippen molar-refractivity contribution in [2.45, 2.75) is 24.3 Å². The molecule has 0 fully saturated rings. The molecule has 7 heteroatoms. The summed E-state index contributed by atoms with van der Waals surface area (Å²) in [5.41, 5.74) is 3.07. The van der Waals surface area contributed by atoms with Crippen LogP contribution in [0.4, 0.5) is 0 Å². The molecule has 0 aliphatic rings. The zero-order chi connectivity index (χ0) is 21.6. The third-order valence-electron chi connectivity index (χ3n) is 4.82. The highest BCUT2D eigenvalue weighted by molar-refractivity contribution is 7.99. The lowest BCUT2D eigenvalue weighted by Crippen LogP contribution is -2.01. The minimum atomic E-state index is 0.170. The predicted molar refractivity (Wildman–Crippen MR) is 123 cm³/mol. The average molecular weight is 433 g/mol. The average Bonchev–Trinajstić information content (AvgIpc) is 3.24. The second kappa shape index (κ2) is 9.66. The smallest absolute Gasteiger partial charge is 0.196 e. The molecule has 0 saturated carbocycles. The summed E-state index contributed by atoms with van der Waals surface area (Å²) in [5.74, 6) is 2.41. The molecule has 6 nitrogen and oxygen atoms in total. The molecule has 0 N–H and O–H groups in total. The van der Waals surface area contributed by atoms with Crippen LogP contribution in [0, 0.1) is 0 Å². The van der Waals surface area contributed by atoms with Gasteiger partial charge < -0.3 is 9.47 Å². The first-order chi connectivity index (χ1) is 15.2. The minimum Gasteiger partial charge on any atom is -0.497 e. The van der Waals surface area contributed by atoms with Crippen molar-refractivity contribution in [1.82, 2.24) is 19.7 Å². The molecule has 2 aromatic carbocycles. The van der Waals surface area contributed by atoms with Crippen molar-refractivity contribution >= 4 is 11.8 Å². The fraction of sp³-hybridized carbons (Fsp3) is 0.208. The van der Waals surface area contributed by atoms with Gasteiger partial charge in [0.25, 0.3) is 0 Å². The van der Waals surface area contributed by atoms with Crippen molar-refractivity contribution in [2.24, 2.45) is 0 Å². The van der Waals surface area contributed by atoms with E-state index >= 15 is 0 Å². The molecule has 0 aliphatic heterocycles. The van der Waals surface area contributed by atoms with E-state index in [2.05, 4.69) is 32.7 Å². The van der Waals surface area contributed by atoms with Gasteiger partial charge in [-0.25, -0.2) is 0 Å². The number of benzene rings is 2. The molecule has 4 rings (SSSR count). The summed E-state index contributed by atoms with van der Waals surface area (Å²) in [4.78, 5) is 4.24. The molecule has 0 bridgehead atoms. The van der Waals surface area contributed by atoms with Crippen LogP contribution in [0.1, 0.15) is 24.7 Å². The Morgan fingerprint density at radius 2 is 1.71 bits per heavy atom. The van der Waals surface area contributed by atoms with Gasteiger partial charge >= 0.3 is 0 Å². The molecule has 0 aliphatic carbocycles. The zero-order valence-corrected chi connectivity index (χ0v) is 18.5. The largest absolute Gasteiger partial charge is 0.497 e. The quantitative estimate of drug-likeness (QED) is 0.338. The molecule has 0 saturated heterocycles. The number of hydrogen-bond acceptors (Lipinski definition) is 6. The van der Waals surface area contributed by atoms with E-state index in [9.17, 15) is 0 Å². The molecule has 31 heavy (non-hydrogen) atoms. The normalized spacial score (nSPS) is 11.8. The van der Waals surface area contributed by atoms with E-state index in [0.29, 0.717) is 6.61 Å². The molecular weight excluding hydrogens is 408 g/mol. The van der Waals surface area contributed by atoms with Crippen LogP contribution >= 0.6 is 11.8 Å². The van der Waals surface area contributed by atoms with Crippen molar-refractivity contribution in [3.63, 3.8) is 0 Å². The van der Waals surface area contributed by atoms with Crippen molar-refractivity contribution in [3.8, 4) is 28.6 Å². The summed E-state index contributed by atoms with van der Waals surface area (Å²) in [6.07, 6.45) is 3.67. The third kappa shape index (κ3) is 4.72. The van der Waals surface area contributed by atoms with E-state index in [0.717, 1.165) is 39.3 Å². The topological polar surface area (TPSA) is 62.1 Å². The first-order valence-corrected chi connectivity index (χ1v) is 11.0. The molecule has 0 spiro atoms. The molecule has 158 valence electrons. The van der Waals surface area contributed by atoms with Gasteiger partial charge in [-0.05, 0) is 74.0 Å². The van der Waals surface area contributed by atoms with E-state index in [4.69, 9.17) is 9.47 Å². The summed E-state index contributed by atoms with van der Waals surface area (Å²) in [5, 5.41) is 10.0. The van der Waals surface area contributed by atoms with E-state index in [1.165, 1.54) is 0 Å². The number of aromatic nitrogens is 4. The monoisotopic (exact) mass is 432 g/mol. The fourth-order valence-electron chi connectivity index (χ4n) is 3.21. The highest BCUT2D eigenvalue weighted by Gasteiger charge is 2.19. The Morgan fingerprint density at radius 3 is 2.35 bits per heavy atom. The molecule has 2 heterocycles. The van der Waals surface area contributed by atoms with Gasteiger partial charge in [0, 0.05) is 28.9 Å². The van der Waals surface area contributed by atoms with Crippen LogP contribution in [-0.2, 0) is 0 Å². The van der Waals surface area contributed by atoms with Gasteiger partial charge in [-0.2, -0.15) is 0 Å². The highest BCUT2D eigenvalue weighted by atomic mass is 32.2. The minimum absolute atomic E-state index is 0.170. The van der Waals surface area contributed by atoms with Gasteiger partial charge in [-0.15, -0.1) is 10.2 Å². The Bertz CT molecular complexity index is 1110. The molecule has 2 aromatic heterocycles. The van der Waals surface area contributed by atoms with Crippen molar-refractivity contribution in [2.75, 3.05) is 13.7 Å². The molecule has 1 unspecified atom stereocenters.